The lowest BCUT2D eigenvalue weighted by Crippen LogP contribution is -2.39. The average Bonchev–Trinajstić information content (AvgIpc) is 2.32. The molecule has 1 aliphatic heterocycles. The second-order valence-corrected chi connectivity index (χ2v) is 2.88. The van der Waals surface area contributed by atoms with Crippen LogP contribution in [0.15, 0.2) is 0 Å². The largest absolute Gasteiger partial charge is 0.392 e. The highest BCUT2D eigenvalue weighted by Crippen LogP contribution is 2.18. The molecule has 1 rings (SSSR count). The number of hydrogen-bond acceptors (Lipinski definition) is 3. The van der Waals surface area contributed by atoms with Crippen molar-refractivity contribution in [3.05, 3.63) is 0 Å². The summed E-state index contributed by atoms with van der Waals surface area (Å²) in [6.45, 7) is 2.01. The molecule has 0 aromatic heterocycles. The summed E-state index contributed by atoms with van der Waals surface area (Å²) in [7, 11) is 0. The Morgan fingerprint density at radius 1 is 1.82 bits per heavy atom. The molecule has 4 heteroatoms. The zero-order valence-electron chi connectivity index (χ0n) is 6.53. The van der Waals surface area contributed by atoms with Gasteiger partial charge in [-0.2, -0.15) is 0 Å². The minimum absolute atomic E-state index is 0.00352. The van der Waals surface area contributed by atoms with Crippen molar-refractivity contribution < 1.29 is 15.0 Å². The van der Waals surface area contributed by atoms with E-state index < -0.39 is 6.23 Å². The molecule has 0 spiro atoms. The van der Waals surface area contributed by atoms with Gasteiger partial charge in [-0.1, -0.05) is 6.92 Å². The van der Waals surface area contributed by atoms with Crippen LogP contribution in [-0.2, 0) is 4.79 Å². The predicted octanol–water partition coefficient (Wildman–Crippen LogP) is -0.835. The Labute approximate surface area is 65.4 Å². The molecule has 0 saturated carbocycles. The molecule has 11 heavy (non-hydrogen) atoms. The van der Waals surface area contributed by atoms with Crippen molar-refractivity contribution >= 4 is 5.91 Å². The number of nitrogens with zero attached hydrogens (tertiary/aromatic N) is 1. The molecule has 2 atom stereocenters. The summed E-state index contributed by atoms with van der Waals surface area (Å²) >= 11 is 0. The monoisotopic (exact) mass is 159 g/mol. The highest BCUT2D eigenvalue weighted by Gasteiger charge is 2.31. The molecule has 2 N–H and O–H groups in total. The van der Waals surface area contributed by atoms with Crippen LogP contribution >= 0.6 is 0 Å². The summed E-state index contributed by atoms with van der Waals surface area (Å²) in [6.07, 6.45) is -0.233. The van der Waals surface area contributed by atoms with Crippen LogP contribution in [0, 0.1) is 5.92 Å². The normalized spacial score (nSPS) is 27.7. The number of amides is 1. The van der Waals surface area contributed by atoms with E-state index in [9.17, 15) is 4.79 Å². The molecule has 1 aliphatic rings. The molecule has 0 bridgehead atoms. The second-order valence-electron chi connectivity index (χ2n) is 2.88. The van der Waals surface area contributed by atoms with Gasteiger partial charge in [-0.25, -0.2) is 0 Å². The number of hydrogen-bond donors (Lipinski definition) is 2. The Bertz CT molecular complexity index is 160. The van der Waals surface area contributed by atoms with Gasteiger partial charge in [-0.3, -0.25) is 4.79 Å². The maximum atomic E-state index is 11.2. The van der Waals surface area contributed by atoms with Crippen molar-refractivity contribution in [1.82, 2.24) is 4.90 Å². The molecule has 0 radical (unpaired) electrons. The third-order valence-electron chi connectivity index (χ3n) is 2.03. The molecule has 1 amide bonds. The highest BCUT2D eigenvalue weighted by atomic mass is 16.3. The van der Waals surface area contributed by atoms with Crippen LogP contribution in [0.4, 0.5) is 0 Å². The SMILES string of the molecule is CC1CCN(C(O)CO)C1=O. The van der Waals surface area contributed by atoms with Crippen molar-refractivity contribution in [3.8, 4) is 0 Å². The number of likely N-dealkylation sites (tertiary alicyclic amines) is 1. The first-order chi connectivity index (χ1) is 5.16. The van der Waals surface area contributed by atoms with Crippen molar-refractivity contribution in [3.63, 3.8) is 0 Å². The van der Waals surface area contributed by atoms with Gasteiger partial charge in [0.25, 0.3) is 0 Å². The lowest BCUT2D eigenvalue weighted by atomic mass is 10.1. The van der Waals surface area contributed by atoms with E-state index in [0.29, 0.717) is 6.54 Å². The highest BCUT2D eigenvalue weighted by molar-refractivity contribution is 5.80. The van der Waals surface area contributed by atoms with Gasteiger partial charge in [-0.15, -0.1) is 0 Å². The summed E-state index contributed by atoms with van der Waals surface area (Å²) in [5.74, 6) is -0.0669. The van der Waals surface area contributed by atoms with Crippen molar-refractivity contribution in [2.45, 2.75) is 19.6 Å². The fourth-order valence-corrected chi connectivity index (χ4v) is 1.24. The number of carbonyl (C=O) groups is 1. The smallest absolute Gasteiger partial charge is 0.227 e. The standard InChI is InChI=1S/C7H13NO3/c1-5-2-3-8(7(5)11)6(10)4-9/h5-6,9-10H,2-4H2,1H3. The lowest BCUT2D eigenvalue weighted by molar-refractivity contribution is -0.141. The van der Waals surface area contributed by atoms with Crippen LogP contribution in [-0.4, -0.2) is 40.4 Å². The Morgan fingerprint density at radius 2 is 2.45 bits per heavy atom. The Kier molecular flexibility index (Phi) is 2.46. The summed E-state index contributed by atoms with van der Waals surface area (Å²) < 4.78 is 0. The number of carbonyl (C=O) groups excluding carboxylic acids is 1. The molecule has 64 valence electrons. The minimum atomic E-state index is -1.01. The quantitative estimate of drug-likeness (QED) is 0.552. The predicted molar refractivity (Wildman–Crippen MR) is 38.6 cm³/mol. The fourth-order valence-electron chi connectivity index (χ4n) is 1.24. The van der Waals surface area contributed by atoms with Gasteiger partial charge >= 0.3 is 0 Å². The van der Waals surface area contributed by atoms with E-state index in [1.807, 2.05) is 6.92 Å². The van der Waals surface area contributed by atoms with Crippen molar-refractivity contribution in [1.29, 1.82) is 0 Å². The summed E-state index contributed by atoms with van der Waals surface area (Å²) in [5, 5.41) is 17.7. The van der Waals surface area contributed by atoms with Crippen LogP contribution in [0.5, 0.6) is 0 Å². The van der Waals surface area contributed by atoms with Crippen molar-refractivity contribution in [2.75, 3.05) is 13.2 Å². The maximum Gasteiger partial charge on any atom is 0.227 e. The van der Waals surface area contributed by atoms with Gasteiger partial charge in [-0.05, 0) is 6.42 Å². The molecule has 0 aromatic carbocycles. The third kappa shape index (κ3) is 1.52. The molecular formula is C7H13NO3. The molecule has 1 fully saturated rings. The molecule has 0 aromatic rings. The van der Waals surface area contributed by atoms with Crippen LogP contribution in [0.3, 0.4) is 0 Å². The van der Waals surface area contributed by atoms with Gasteiger partial charge in [0.15, 0.2) is 6.23 Å². The first-order valence-electron chi connectivity index (χ1n) is 3.76. The number of aliphatic hydroxyl groups is 2. The summed E-state index contributed by atoms with van der Waals surface area (Å²) in [5.41, 5.74) is 0. The lowest BCUT2D eigenvalue weighted by Gasteiger charge is -2.20. The Hall–Kier alpha value is -0.610. The van der Waals surface area contributed by atoms with Gasteiger partial charge in [0, 0.05) is 12.5 Å². The zero-order chi connectivity index (χ0) is 8.43. The third-order valence-corrected chi connectivity index (χ3v) is 2.03. The zero-order valence-corrected chi connectivity index (χ0v) is 6.53. The first kappa shape index (κ1) is 8.49. The topological polar surface area (TPSA) is 60.8 Å². The molecule has 1 heterocycles. The Morgan fingerprint density at radius 3 is 2.82 bits per heavy atom. The molecule has 0 aliphatic carbocycles. The van der Waals surface area contributed by atoms with E-state index in [2.05, 4.69) is 0 Å². The minimum Gasteiger partial charge on any atom is -0.392 e. The molecule has 1 saturated heterocycles. The van der Waals surface area contributed by atoms with Gasteiger partial charge in [0.2, 0.25) is 5.91 Å². The van der Waals surface area contributed by atoms with Crippen LogP contribution < -0.4 is 0 Å². The number of rotatable bonds is 2. The second kappa shape index (κ2) is 3.19. The molecule has 4 nitrogen and oxygen atoms in total. The average molecular weight is 159 g/mol. The van der Waals surface area contributed by atoms with Crippen molar-refractivity contribution in [2.24, 2.45) is 5.92 Å². The van der Waals surface area contributed by atoms with Crippen LogP contribution in [0.1, 0.15) is 13.3 Å². The van der Waals surface area contributed by atoms with E-state index >= 15 is 0 Å². The van der Waals surface area contributed by atoms with E-state index in [0.717, 1.165) is 6.42 Å². The van der Waals surface area contributed by atoms with E-state index in [4.69, 9.17) is 10.2 Å². The maximum absolute atomic E-state index is 11.2. The molecular weight excluding hydrogens is 146 g/mol. The summed E-state index contributed by atoms with van der Waals surface area (Å²) in [6, 6.07) is 0. The summed E-state index contributed by atoms with van der Waals surface area (Å²) in [4.78, 5) is 12.5. The fraction of sp³-hybridized carbons (Fsp3) is 0.857. The van der Waals surface area contributed by atoms with Crippen LogP contribution in [0.25, 0.3) is 0 Å². The van der Waals surface area contributed by atoms with Crippen LogP contribution in [0.2, 0.25) is 0 Å². The Balaban J connectivity index is 2.54. The van der Waals surface area contributed by atoms with E-state index in [1.54, 1.807) is 0 Å². The van der Waals surface area contributed by atoms with Gasteiger partial charge in [0.1, 0.15) is 0 Å². The first-order valence-corrected chi connectivity index (χ1v) is 3.76. The van der Waals surface area contributed by atoms with Gasteiger partial charge in [0.05, 0.1) is 6.61 Å². The van der Waals surface area contributed by atoms with E-state index in [1.165, 1.54) is 4.90 Å². The molecule has 2 unspecified atom stereocenters. The van der Waals surface area contributed by atoms with Gasteiger partial charge < -0.3 is 15.1 Å². The van der Waals surface area contributed by atoms with E-state index in [-0.39, 0.29) is 18.4 Å². The number of aliphatic hydroxyl groups excluding tert-OH is 2.